The van der Waals surface area contributed by atoms with Crippen LogP contribution < -0.4 is 10.1 Å². The van der Waals surface area contributed by atoms with Gasteiger partial charge in [-0.3, -0.25) is 9.59 Å². The summed E-state index contributed by atoms with van der Waals surface area (Å²) < 4.78 is 7.45. The van der Waals surface area contributed by atoms with E-state index in [-0.39, 0.29) is 24.7 Å². The molecule has 3 aromatic rings. The van der Waals surface area contributed by atoms with E-state index in [1.807, 2.05) is 54.9 Å². The first-order valence-corrected chi connectivity index (χ1v) is 9.20. The number of hydrogen-bond donors (Lipinski definition) is 1. The van der Waals surface area contributed by atoms with Crippen LogP contribution in [-0.2, 0) is 11.2 Å². The minimum absolute atomic E-state index is 0.122. The Morgan fingerprint density at radius 2 is 1.86 bits per heavy atom. The molecule has 1 aliphatic heterocycles. The lowest BCUT2D eigenvalue weighted by molar-refractivity contribution is -0.121. The summed E-state index contributed by atoms with van der Waals surface area (Å²) in [5.74, 6) is 0.220. The van der Waals surface area contributed by atoms with Crippen LogP contribution in [0, 0.1) is 13.8 Å². The van der Waals surface area contributed by atoms with E-state index < -0.39 is 6.04 Å². The minimum Gasteiger partial charge on any atom is -0.490 e. The fourth-order valence-electron chi connectivity index (χ4n) is 3.50. The Hall–Kier alpha value is -3.41. The van der Waals surface area contributed by atoms with E-state index in [4.69, 9.17) is 4.74 Å². The summed E-state index contributed by atoms with van der Waals surface area (Å²) in [6.45, 7) is 3.98. The number of nitrogens with zero attached hydrogens (tertiary/aromatic N) is 2. The van der Waals surface area contributed by atoms with Crippen LogP contribution in [0.25, 0.3) is 5.69 Å². The Morgan fingerprint density at radius 1 is 1.14 bits per heavy atom. The molecule has 6 nitrogen and oxygen atoms in total. The number of fused-ring (bicyclic) bond motifs is 1. The van der Waals surface area contributed by atoms with Crippen LogP contribution >= 0.6 is 0 Å². The van der Waals surface area contributed by atoms with Gasteiger partial charge in [0.05, 0.1) is 23.4 Å². The molecule has 1 N–H and O–H groups in total. The van der Waals surface area contributed by atoms with Crippen LogP contribution in [0.5, 0.6) is 5.75 Å². The molecule has 1 unspecified atom stereocenters. The summed E-state index contributed by atoms with van der Waals surface area (Å²) in [5, 5.41) is 7.38. The number of Topliss-reactive ketones (excluding diaryl/α,β-unsaturated/α-hetero) is 1. The number of ketones is 1. The molecule has 1 atom stereocenters. The molecule has 1 aromatic heterocycles. The normalized spacial score (nSPS) is 15.6. The molecule has 142 valence electrons. The van der Waals surface area contributed by atoms with Crippen molar-refractivity contribution in [3.8, 4) is 11.4 Å². The van der Waals surface area contributed by atoms with Gasteiger partial charge in [-0.25, -0.2) is 4.68 Å². The number of ether oxygens (including phenoxy) is 1. The van der Waals surface area contributed by atoms with Crippen molar-refractivity contribution in [2.45, 2.75) is 26.3 Å². The maximum absolute atomic E-state index is 12.6. The van der Waals surface area contributed by atoms with E-state index in [1.54, 1.807) is 18.2 Å². The standard InChI is InChI=1S/C22H21N3O3/c1-14-18(15(2)25(24-14)16-8-4-3-5-9-16)12-21(26)23-19-13-28-20-11-7-6-10-17(20)22(19)27/h3-11,19H,12-13H2,1-2H3,(H,23,26). The SMILES string of the molecule is Cc1nn(-c2ccccc2)c(C)c1CC(=O)NC1COc2ccccc2C1=O. The highest BCUT2D eigenvalue weighted by atomic mass is 16.5. The zero-order valence-electron chi connectivity index (χ0n) is 15.8. The molecule has 2 aromatic carbocycles. The maximum atomic E-state index is 12.6. The molecule has 0 bridgehead atoms. The minimum atomic E-state index is -0.674. The number of benzene rings is 2. The van der Waals surface area contributed by atoms with E-state index in [0.717, 1.165) is 22.6 Å². The molecule has 0 fully saturated rings. The van der Waals surface area contributed by atoms with Crippen molar-refractivity contribution >= 4 is 11.7 Å². The van der Waals surface area contributed by atoms with Crippen molar-refractivity contribution in [2.75, 3.05) is 6.61 Å². The fourth-order valence-corrected chi connectivity index (χ4v) is 3.50. The summed E-state index contributed by atoms with van der Waals surface area (Å²) in [5.41, 5.74) is 4.03. The molecule has 4 rings (SSSR count). The second-order valence-electron chi connectivity index (χ2n) is 6.87. The van der Waals surface area contributed by atoms with E-state index in [1.165, 1.54) is 0 Å². The average molecular weight is 375 g/mol. The molecular weight excluding hydrogens is 354 g/mol. The maximum Gasteiger partial charge on any atom is 0.225 e. The van der Waals surface area contributed by atoms with Gasteiger partial charge in [-0.05, 0) is 38.1 Å². The molecule has 6 heteroatoms. The van der Waals surface area contributed by atoms with Crippen LogP contribution in [0.2, 0.25) is 0 Å². The van der Waals surface area contributed by atoms with Gasteiger partial charge in [0.15, 0.2) is 5.78 Å². The van der Waals surface area contributed by atoms with Gasteiger partial charge < -0.3 is 10.1 Å². The van der Waals surface area contributed by atoms with E-state index in [2.05, 4.69) is 10.4 Å². The van der Waals surface area contributed by atoms with Crippen LogP contribution in [0.15, 0.2) is 54.6 Å². The largest absolute Gasteiger partial charge is 0.490 e. The zero-order chi connectivity index (χ0) is 19.7. The average Bonchev–Trinajstić information content (AvgIpc) is 2.99. The van der Waals surface area contributed by atoms with Gasteiger partial charge in [-0.15, -0.1) is 0 Å². The van der Waals surface area contributed by atoms with Gasteiger partial charge in [-0.2, -0.15) is 5.10 Å². The van der Waals surface area contributed by atoms with Crippen molar-refractivity contribution in [1.82, 2.24) is 15.1 Å². The predicted molar refractivity (Wildman–Crippen MR) is 105 cm³/mol. The number of carbonyl (C=O) groups is 2. The van der Waals surface area contributed by atoms with Gasteiger partial charge in [0.1, 0.15) is 18.4 Å². The Morgan fingerprint density at radius 3 is 2.64 bits per heavy atom. The third-order valence-electron chi connectivity index (χ3n) is 4.99. The Balaban J connectivity index is 1.49. The first-order chi connectivity index (χ1) is 13.5. The van der Waals surface area contributed by atoms with Gasteiger partial charge >= 0.3 is 0 Å². The molecule has 1 amide bonds. The first-order valence-electron chi connectivity index (χ1n) is 9.20. The van der Waals surface area contributed by atoms with Crippen LogP contribution in [-0.4, -0.2) is 34.1 Å². The van der Waals surface area contributed by atoms with Crippen molar-refractivity contribution in [3.63, 3.8) is 0 Å². The highest BCUT2D eigenvalue weighted by Gasteiger charge is 2.30. The summed E-state index contributed by atoms with van der Waals surface area (Å²) in [7, 11) is 0. The number of aromatic nitrogens is 2. The third-order valence-corrected chi connectivity index (χ3v) is 4.99. The first kappa shape index (κ1) is 18.0. The van der Waals surface area contributed by atoms with Crippen molar-refractivity contribution in [3.05, 3.63) is 77.1 Å². The number of aryl methyl sites for hydroxylation is 1. The van der Waals surface area contributed by atoms with E-state index in [0.29, 0.717) is 11.3 Å². The van der Waals surface area contributed by atoms with Crippen molar-refractivity contribution < 1.29 is 14.3 Å². The summed E-state index contributed by atoms with van der Waals surface area (Å²) >= 11 is 0. The zero-order valence-corrected chi connectivity index (χ0v) is 15.8. The molecule has 0 spiro atoms. The Kier molecular flexibility index (Phi) is 4.69. The highest BCUT2D eigenvalue weighted by molar-refractivity contribution is 6.05. The van der Waals surface area contributed by atoms with Gasteiger partial charge in [0, 0.05) is 11.3 Å². The second-order valence-corrected chi connectivity index (χ2v) is 6.87. The summed E-state index contributed by atoms with van der Waals surface area (Å²) in [6.07, 6.45) is 0.163. The number of hydrogen-bond acceptors (Lipinski definition) is 4. The molecule has 28 heavy (non-hydrogen) atoms. The summed E-state index contributed by atoms with van der Waals surface area (Å²) in [6, 6.07) is 16.2. The van der Waals surface area contributed by atoms with Gasteiger partial charge in [0.25, 0.3) is 0 Å². The monoisotopic (exact) mass is 375 g/mol. The molecule has 0 saturated carbocycles. The predicted octanol–water partition coefficient (Wildman–Crippen LogP) is 2.79. The third kappa shape index (κ3) is 3.29. The van der Waals surface area contributed by atoms with E-state index >= 15 is 0 Å². The number of para-hydroxylation sites is 2. The number of carbonyl (C=O) groups excluding carboxylic acids is 2. The van der Waals surface area contributed by atoms with Crippen LogP contribution in [0.3, 0.4) is 0 Å². The molecule has 0 saturated heterocycles. The van der Waals surface area contributed by atoms with Gasteiger partial charge in [-0.1, -0.05) is 30.3 Å². The van der Waals surface area contributed by atoms with Crippen molar-refractivity contribution in [2.24, 2.45) is 0 Å². The molecule has 2 heterocycles. The lowest BCUT2D eigenvalue weighted by Gasteiger charge is -2.24. The van der Waals surface area contributed by atoms with E-state index in [9.17, 15) is 9.59 Å². The lowest BCUT2D eigenvalue weighted by atomic mass is 10.0. The van der Waals surface area contributed by atoms with Crippen molar-refractivity contribution in [1.29, 1.82) is 0 Å². The smallest absolute Gasteiger partial charge is 0.225 e. The van der Waals surface area contributed by atoms with Crippen LogP contribution in [0.1, 0.15) is 27.3 Å². The quantitative estimate of drug-likeness (QED) is 0.761. The Bertz CT molecular complexity index is 1040. The number of nitrogens with one attached hydrogen (secondary N) is 1. The van der Waals surface area contributed by atoms with Crippen LogP contribution in [0.4, 0.5) is 0 Å². The molecule has 0 radical (unpaired) electrons. The molecule has 1 aliphatic rings. The topological polar surface area (TPSA) is 73.2 Å². The molecule has 0 aliphatic carbocycles. The Labute approximate surface area is 163 Å². The lowest BCUT2D eigenvalue weighted by Crippen LogP contribution is -2.47. The molecular formula is C22H21N3O3. The fraction of sp³-hybridized carbons (Fsp3) is 0.227. The van der Waals surface area contributed by atoms with Gasteiger partial charge in [0.2, 0.25) is 5.91 Å². The highest BCUT2D eigenvalue weighted by Crippen LogP contribution is 2.24. The number of amides is 1. The number of rotatable bonds is 4. The second kappa shape index (κ2) is 7.31. The summed E-state index contributed by atoms with van der Waals surface area (Å²) in [4.78, 5) is 25.2.